The van der Waals surface area contributed by atoms with Gasteiger partial charge < -0.3 is 4.84 Å². The summed E-state index contributed by atoms with van der Waals surface area (Å²) < 4.78 is 0. The summed E-state index contributed by atoms with van der Waals surface area (Å²) in [5.41, 5.74) is 7.48. The van der Waals surface area contributed by atoms with E-state index in [1.165, 1.54) is 33.0 Å². The van der Waals surface area contributed by atoms with E-state index in [-0.39, 0.29) is 6.10 Å². The molecule has 128 valence electrons. The Kier molecular flexibility index (Phi) is 4.30. The lowest BCUT2D eigenvalue weighted by molar-refractivity contribution is 0.0854. The van der Waals surface area contributed by atoms with Crippen LogP contribution in [0.1, 0.15) is 36.6 Å². The van der Waals surface area contributed by atoms with Gasteiger partial charge in [-0.15, -0.1) is 0 Å². The molecule has 0 radical (unpaired) electrons. The van der Waals surface area contributed by atoms with Gasteiger partial charge in [-0.3, -0.25) is 4.98 Å². The van der Waals surface area contributed by atoms with Crippen LogP contribution in [0.2, 0.25) is 0 Å². The Morgan fingerprint density at radius 1 is 1.28 bits per heavy atom. The van der Waals surface area contributed by atoms with Gasteiger partial charge in [-0.05, 0) is 70.8 Å². The van der Waals surface area contributed by atoms with Crippen LogP contribution in [0.3, 0.4) is 0 Å². The van der Waals surface area contributed by atoms with Crippen molar-refractivity contribution >= 4 is 27.8 Å². The lowest BCUT2D eigenvalue weighted by atomic mass is 9.91. The second kappa shape index (κ2) is 6.60. The maximum Gasteiger partial charge on any atom is 0.138 e. The Balaban J connectivity index is 1.76. The van der Waals surface area contributed by atoms with Crippen LogP contribution < -0.4 is 0 Å². The minimum Gasteiger partial charge on any atom is -0.392 e. The van der Waals surface area contributed by atoms with Gasteiger partial charge in [0.05, 0.1) is 11.4 Å². The monoisotopic (exact) mass is 350 g/mol. The summed E-state index contributed by atoms with van der Waals surface area (Å²) in [4.78, 5) is 10.3. The van der Waals surface area contributed by atoms with Crippen LogP contribution in [-0.2, 0) is 11.3 Å². The van der Waals surface area contributed by atoms with Crippen molar-refractivity contribution in [2.75, 3.05) is 0 Å². The highest BCUT2D eigenvalue weighted by atomic mass is 32.1. The number of pyridine rings is 1. The van der Waals surface area contributed by atoms with E-state index >= 15 is 0 Å². The number of thiophene rings is 1. The minimum absolute atomic E-state index is 0.115. The summed E-state index contributed by atoms with van der Waals surface area (Å²) >= 11 is 1.74. The number of benzene rings is 1. The van der Waals surface area contributed by atoms with Gasteiger partial charge in [-0.25, -0.2) is 0 Å². The van der Waals surface area contributed by atoms with E-state index in [0.29, 0.717) is 0 Å². The summed E-state index contributed by atoms with van der Waals surface area (Å²) in [7, 11) is 0. The molecule has 0 spiro atoms. The van der Waals surface area contributed by atoms with Crippen molar-refractivity contribution in [1.82, 2.24) is 4.98 Å². The first-order valence-corrected chi connectivity index (χ1v) is 9.73. The van der Waals surface area contributed by atoms with Crippen molar-refractivity contribution in [3.63, 3.8) is 0 Å². The number of aryl methyl sites for hydroxylation is 2. The third-order valence-corrected chi connectivity index (χ3v) is 5.73. The number of nitrogens with zero attached hydrogens (tertiary/aromatic N) is 2. The highest BCUT2D eigenvalue weighted by Gasteiger charge is 2.22. The lowest BCUT2D eigenvalue weighted by Crippen LogP contribution is -2.13. The zero-order valence-corrected chi connectivity index (χ0v) is 15.7. The van der Waals surface area contributed by atoms with Gasteiger partial charge in [0.1, 0.15) is 6.10 Å². The first-order valence-electron chi connectivity index (χ1n) is 8.79. The van der Waals surface area contributed by atoms with E-state index < -0.39 is 0 Å². The molecule has 4 rings (SSSR count). The normalized spacial score (nSPS) is 16.9. The minimum atomic E-state index is 0.115. The molecule has 1 unspecified atom stereocenters. The molecule has 1 aromatic carbocycles. The predicted molar refractivity (Wildman–Crippen MR) is 105 cm³/mol. The van der Waals surface area contributed by atoms with Gasteiger partial charge in [0.15, 0.2) is 0 Å². The number of hydrogen-bond acceptors (Lipinski definition) is 4. The fraction of sp³-hybridized carbons (Fsp3) is 0.333. The molecule has 1 aliphatic heterocycles. The van der Waals surface area contributed by atoms with Gasteiger partial charge in [0.25, 0.3) is 0 Å². The van der Waals surface area contributed by atoms with E-state index in [9.17, 15) is 0 Å². The molecule has 1 aliphatic rings. The molecule has 25 heavy (non-hydrogen) atoms. The van der Waals surface area contributed by atoms with Crippen LogP contribution in [0.5, 0.6) is 0 Å². The fourth-order valence-electron chi connectivity index (χ4n) is 3.69. The Morgan fingerprint density at radius 3 is 2.88 bits per heavy atom. The molecule has 3 heterocycles. The highest BCUT2D eigenvalue weighted by molar-refractivity contribution is 7.08. The predicted octanol–water partition coefficient (Wildman–Crippen LogP) is 5.68. The number of rotatable bonds is 4. The van der Waals surface area contributed by atoms with E-state index in [1.54, 1.807) is 11.3 Å². The van der Waals surface area contributed by atoms with Crippen LogP contribution in [0.4, 0.5) is 0 Å². The number of fused-ring (bicyclic) bond motifs is 1. The molecule has 3 aromatic rings. The molecule has 2 aromatic heterocycles. The summed E-state index contributed by atoms with van der Waals surface area (Å²) in [5, 5.41) is 11.1. The maximum absolute atomic E-state index is 5.61. The summed E-state index contributed by atoms with van der Waals surface area (Å²) in [6.45, 7) is 6.52. The Labute approximate surface area is 152 Å². The van der Waals surface area contributed by atoms with Crippen LogP contribution in [-0.4, -0.2) is 16.8 Å². The molecule has 0 fully saturated rings. The highest BCUT2D eigenvalue weighted by Crippen LogP contribution is 2.35. The van der Waals surface area contributed by atoms with Gasteiger partial charge in [-0.1, -0.05) is 18.1 Å². The zero-order chi connectivity index (χ0) is 17.4. The topological polar surface area (TPSA) is 34.5 Å². The molecule has 4 heteroatoms. The largest absolute Gasteiger partial charge is 0.392 e. The fourth-order valence-corrected chi connectivity index (χ4v) is 4.35. The van der Waals surface area contributed by atoms with Crippen molar-refractivity contribution in [3.8, 4) is 11.1 Å². The second-order valence-corrected chi connectivity index (χ2v) is 7.49. The van der Waals surface area contributed by atoms with E-state index in [0.717, 1.165) is 30.7 Å². The molecular formula is C21H22N2OS. The molecule has 0 N–H and O–H groups in total. The van der Waals surface area contributed by atoms with Gasteiger partial charge in [-0.2, -0.15) is 11.3 Å². The van der Waals surface area contributed by atoms with Crippen LogP contribution >= 0.6 is 11.3 Å². The number of oxime groups is 1. The first-order chi connectivity index (χ1) is 12.2. The van der Waals surface area contributed by atoms with Crippen molar-refractivity contribution in [2.45, 2.75) is 46.1 Å². The maximum atomic E-state index is 5.61. The van der Waals surface area contributed by atoms with Gasteiger partial charge in [0, 0.05) is 24.4 Å². The molecule has 0 saturated heterocycles. The van der Waals surface area contributed by atoms with E-state index in [1.807, 2.05) is 6.20 Å². The third-order valence-electron chi connectivity index (χ3n) is 5.05. The number of hydrogen-bond donors (Lipinski definition) is 0. The quantitative estimate of drug-likeness (QED) is 0.607. The SMILES string of the molecule is CCC1=NOC(Cc2nccc3c(C)c(-c4ccsc4)cc(C)c23)C1. The molecular weight excluding hydrogens is 328 g/mol. The average molecular weight is 350 g/mol. The first kappa shape index (κ1) is 16.3. The summed E-state index contributed by atoms with van der Waals surface area (Å²) in [5.74, 6) is 0. The molecule has 3 nitrogen and oxygen atoms in total. The smallest absolute Gasteiger partial charge is 0.138 e. The van der Waals surface area contributed by atoms with Crippen molar-refractivity contribution in [1.29, 1.82) is 0 Å². The van der Waals surface area contributed by atoms with E-state index in [4.69, 9.17) is 4.84 Å². The summed E-state index contributed by atoms with van der Waals surface area (Å²) in [6.07, 6.45) is 4.73. The molecule has 0 bridgehead atoms. The van der Waals surface area contributed by atoms with Crippen LogP contribution in [0.25, 0.3) is 21.9 Å². The standard InChI is InChI=1S/C21H22N2OS/c1-4-16-10-17(24-23-16)11-20-21-13(2)9-19(15-6-8-25-12-15)14(3)18(21)5-7-22-20/h5-9,12,17H,4,10-11H2,1-3H3. The second-order valence-electron chi connectivity index (χ2n) is 6.70. The molecule has 1 atom stereocenters. The van der Waals surface area contributed by atoms with Gasteiger partial charge in [0.2, 0.25) is 0 Å². The Hall–Kier alpha value is -2.20. The van der Waals surface area contributed by atoms with Crippen LogP contribution in [0, 0.1) is 13.8 Å². The van der Waals surface area contributed by atoms with Crippen molar-refractivity contribution < 1.29 is 4.84 Å². The van der Waals surface area contributed by atoms with Crippen LogP contribution in [0.15, 0.2) is 40.3 Å². The van der Waals surface area contributed by atoms with Gasteiger partial charge >= 0.3 is 0 Å². The average Bonchev–Trinajstić information content (AvgIpc) is 3.29. The van der Waals surface area contributed by atoms with Crippen molar-refractivity contribution in [2.24, 2.45) is 5.16 Å². The van der Waals surface area contributed by atoms with Crippen molar-refractivity contribution in [3.05, 3.63) is 52.0 Å². The zero-order valence-electron chi connectivity index (χ0n) is 14.9. The molecule has 0 amide bonds. The Bertz CT molecular complexity index is 944. The van der Waals surface area contributed by atoms with E-state index in [2.05, 4.69) is 59.9 Å². The lowest BCUT2D eigenvalue weighted by Gasteiger charge is -2.16. The Morgan fingerprint density at radius 2 is 2.16 bits per heavy atom. The summed E-state index contributed by atoms with van der Waals surface area (Å²) in [6, 6.07) is 6.63. The molecule has 0 aliphatic carbocycles. The molecule has 0 saturated carbocycles. The number of aromatic nitrogens is 1. The third kappa shape index (κ3) is 2.95.